The normalized spacial score (nSPS) is 10.5. The number of carboxylic acid groups (broad SMARTS) is 1. The van der Waals surface area contributed by atoms with Crippen LogP contribution < -0.4 is 0 Å². The van der Waals surface area contributed by atoms with E-state index in [1.807, 2.05) is 6.92 Å². The van der Waals surface area contributed by atoms with Crippen molar-refractivity contribution in [1.82, 2.24) is 9.78 Å². The van der Waals surface area contributed by atoms with Gasteiger partial charge in [-0.25, -0.2) is 9.48 Å². The number of nitro benzene ring substituents is 1. The largest absolute Gasteiger partial charge is 0.478 e. The van der Waals surface area contributed by atoms with Gasteiger partial charge in [0.2, 0.25) is 0 Å². The first-order chi connectivity index (χ1) is 10.0. The van der Waals surface area contributed by atoms with Crippen LogP contribution in [0.5, 0.6) is 0 Å². The van der Waals surface area contributed by atoms with Gasteiger partial charge in [-0.05, 0) is 18.9 Å². The maximum atomic E-state index is 11.2. The Bertz CT molecular complexity index is 679. The lowest BCUT2D eigenvalue weighted by Gasteiger charge is -2.08. The number of non-ortho nitro benzene ring substituents is 1. The van der Waals surface area contributed by atoms with Crippen LogP contribution in [-0.4, -0.2) is 25.8 Å². The van der Waals surface area contributed by atoms with Gasteiger partial charge in [0.25, 0.3) is 5.69 Å². The molecule has 1 aromatic heterocycles. The summed E-state index contributed by atoms with van der Waals surface area (Å²) in [6, 6.07) is 5.99. The molecule has 2 aromatic rings. The van der Waals surface area contributed by atoms with Gasteiger partial charge < -0.3 is 5.11 Å². The van der Waals surface area contributed by atoms with Crippen molar-refractivity contribution in [2.75, 3.05) is 0 Å². The maximum Gasteiger partial charge on any atom is 0.339 e. The summed E-state index contributed by atoms with van der Waals surface area (Å²) in [4.78, 5) is 21.6. The highest BCUT2D eigenvalue weighted by Crippen LogP contribution is 2.21. The molecule has 0 atom stereocenters. The SMILES string of the molecule is CCCCc1c(C(=O)O)cnn1-c1cccc([N+](=O)[O-])c1. The second kappa shape index (κ2) is 6.17. The van der Waals surface area contributed by atoms with Gasteiger partial charge in [-0.3, -0.25) is 10.1 Å². The van der Waals surface area contributed by atoms with Crippen LogP contribution in [0.15, 0.2) is 30.5 Å². The van der Waals surface area contributed by atoms with E-state index in [9.17, 15) is 20.0 Å². The molecule has 1 N–H and O–H groups in total. The second-order valence-corrected chi connectivity index (χ2v) is 4.60. The Morgan fingerprint density at radius 1 is 1.48 bits per heavy atom. The van der Waals surface area contributed by atoms with Crippen LogP contribution in [0.25, 0.3) is 5.69 Å². The summed E-state index contributed by atoms with van der Waals surface area (Å²) in [5.41, 5.74) is 1.13. The average molecular weight is 289 g/mol. The standard InChI is InChI=1S/C14H15N3O4/c1-2-3-7-13-12(14(18)19)9-15-16(13)10-5-4-6-11(8-10)17(20)21/h4-6,8-9H,2-3,7H2,1H3,(H,18,19). The molecule has 0 amide bonds. The van der Waals surface area contributed by atoms with Crippen LogP contribution in [0.2, 0.25) is 0 Å². The molecule has 0 bridgehead atoms. The van der Waals surface area contributed by atoms with Crippen LogP contribution in [0.1, 0.15) is 35.8 Å². The molecule has 0 saturated heterocycles. The summed E-state index contributed by atoms with van der Waals surface area (Å²) in [6.07, 6.45) is 3.58. The van der Waals surface area contributed by atoms with Crippen molar-refractivity contribution in [1.29, 1.82) is 0 Å². The van der Waals surface area contributed by atoms with Gasteiger partial charge >= 0.3 is 5.97 Å². The minimum atomic E-state index is -1.04. The van der Waals surface area contributed by atoms with E-state index >= 15 is 0 Å². The molecule has 1 aromatic carbocycles. The lowest BCUT2D eigenvalue weighted by Crippen LogP contribution is -2.07. The van der Waals surface area contributed by atoms with Gasteiger partial charge in [-0.2, -0.15) is 5.10 Å². The van der Waals surface area contributed by atoms with Crippen molar-refractivity contribution in [3.8, 4) is 5.69 Å². The summed E-state index contributed by atoms with van der Waals surface area (Å²) in [5.74, 6) is -1.04. The molecule has 7 nitrogen and oxygen atoms in total. The lowest BCUT2D eigenvalue weighted by molar-refractivity contribution is -0.384. The zero-order valence-corrected chi connectivity index (χ0v) is 11.5. The number of carbonyl (C=O) groups is 1. The molecular weight excluding hydrogens is 274 g/mol. The summed E-state index contributed by atoms with van der Waals surface area (Å²) in [7, 11) is 0. The fourth-order valence-corrected chi connectivity index (χ4v) is 2.10. The number of nitrogens with zero attached hydrogens (tertiary/aromatic N) is 3. The summed E-state index contributed by atoms with van der Waals surface area (Å²) >= 11 is 0. The first-order valence-corrected chi connectivity index (χ1v) is 6.59. The van der Waals surface area contributed by atoms with E-state index in [0.717, 1.165) is 12.8 Å². The highest BCUT2D eigenvalue weighted by Gasteiger charge is 2.18. The number of hydrogen-bond donors (Lipinski definition) is 1. The first-order valence-electron chi connectivity index (χ1n) is 6.59. The predicted octanol–water partition coefficient (Wildman–Crippen LogP) is 2.82. The summed E-state index contributed by atoms with van der Waals surface area (Å²) < 4.78 is 1.46. The molecule has 2 rings (SSSR count). The van der Waals surface area contributed by atoms with E-state index in [2.05, 4.69) is 5.10 Å². The van der Waals surface area contributed by atoms with Crippen LogP contribution >= 0.6 is 0 Å². The highest BCUT2D eigenvalue weighted by atomic mass is 16.6. The molecule has 0 aliphatic carbocycles. The van der Waals surface area contributed by atoms with Crippen molar-refractivity contribution in [3.63, 3.8) is 0 Å². The molecular formula is C14H15N3O4. The smallest absolute Gasteiger partial charge is 0.339 e. The van der Waals surface area contributed by atoms with Gasteiger partial charge in [0.15, 0.2) is 0 Å². The summed E-state index contributed by atoms with van der Waals surface area (Å²) in [5, 5.41) is 24.1. The summed E-state index contributed by atoms with van der Waals surface area (Å²) in [6.45, 7) is 2.01. The van der Waals surface area contributed by atoms with Crippen LogP contribution in [0, 0.1) is 10.1 Å². The quantitative estimate of drug-likeness (QED) is 0.651. The second-order valence-electron chi connectivity index (χ2n) is 4.60. The minimum absolute atomic E-state index is 0.0543. The van der Waals surface area contributed by atoms with E-state index in [4.69, 9.17) is 0 Å². The van der Waals surface area contributed by atoms with E-state index in [1.165, 1.54) is 23.0 Å². The van der Waals surface area contributed by atoms with Crippen LogP contribution in [0.4, 0.5) is 5.69 Å². The van der Waals surface area contributed by atoms with Crippen LogP contribution in [-0.2, 0) is 6.42 Å². The third kappa shape index (κ3) is 3.07. The molecule has 0 saturated carbocycles. The van der Waals surface area contributed by atoms with Gasteiger partial charge in [-0.1, -0.05) is 19.4 Å². The Labute approximate surface area is 121 Å². The molecule has 0 aliphatic rings. The number of carboxylic acids is 1. The number of hydrogen-bond acceptors (Lipinski definition) is 4. The highest BCUT2D eigenvalue weighted by molar-refractivity contribution is 5.88. The molecule has 0 spiro atoms. The molecule has 0 radical (unpaired) electrons. The van der Waals surface area contributed by atoms with Gasteiger partial charge in [0.1, 0.15) is 5.56 Å². The molecule has 110 valence electrons. The Balaban J connectivity index is 2.50. The Morgan fingerprint density at radius 2 is 2.24 bits per heavy atom. The van der Waals surface area contributed by atoms with Crippen molar-refractivity contribution >= 4 is 11.7 Å². The van der Waals surface area contributed by atoms with E-state index in [-0.39, 0.29) is 11.3 Å². The van der Waals surface area contributed by atoms with E-state index < -0.39 is 10.9 Å². The number of benzene rings is 1. The molecule has 1 heterocycles. The van der Waals surface area contributed by atoms with E-state index in [1.54, 1.807) is 12.1 Å². The number of aromatic nitrogens is 2. The molecule has 0 unspecified atom stereocenters. The van der Waals surface area contributed by atoms with Crippen molar-refractivity contribution in [2.45, 2.75) is 26.2 Å². The number of nitro groups is 1. The molecule has 7 heteroatoms. The third-order valence-electron chi connectivity index (χ3n) is 3.15. The fourth-order valence-electron chi connectivity index (χ4n) is 2.10. The van der Waals surface area contributed by atoms with Gasteiger partial charge in [0, 0.05) is 12.1 Å². The number of unbranched alkanes of at least 4 members (excludes halogenated alkanes) is 1. The Kier molecular flexibility index (Phi) is 4.32. The molecule has 0 aliphatic heterocycles. The van der Waals surface area contributed by atoms with Gasteiger partial charge in [-0.15, -0.1) is 0 Å². The predicted molar refractivity (Wildman–Crippen MR) is 75.8 cm³/mol. The van der Waals surface area contributed by atoms with Crippen LogP contribution in [0.3, 0.4) is 0 Å². The van der Waals surface area contributed by atoms with Crippen molar-refractivity contribution in [3.05, 3.63) is 51.8 Å². The molecule has 21 heavy (non-hydrogen) atoms. The molecule has 0 fully saturated rings. The van der Waals surface area contributed by atoms with E-state index in [0.29, 0.717) is 17.8 Å². The fraction of sp³-hybridized carbons (Fsp3) is 0.286. The Morgan fingerprint density at radius 3 is 2.86 bits per heavy atom. The number of rotatable bonds is 6. The first kappa shape index (κ1) is 14.7. The third-order valence-corrected chi connectivity index (χ3v) is 3.15. The Hall–Kier alpha value is -2.70. The minimum Gasteiger partial charge on any atom is -0.478 e. The van der Waals surface area contributed by atoms with Crippen molar-refractivity contribution in [2.24, 2.45) is 0 Å². The maximum absolute atomic E-state index is 11.2. The zero-order valence-electron chi connectivity index (χ0n) is 11.5. The average Bonchev–Trinajstić information content (AvgIpc) is 2.89. The van der Waals surface area contributed by atoms with Crippen molar-refractivity contribution < 1.29 is 14.8 Å². The lowest BCUT2D eigenvalue weighted by atomic mass is 10.1. The monoisotopic (exact) mass is 289 g/mol. The topological polar surface area (TPSA) is 98.3 Å². The van der Waals surface area contributed by atoms with Gasteiger partial charge in [0.05, 0.1) is 22.5 Å². The number of aromatic carboxylic acids is 1. The zero-order chi connectivity index (χ0) is 15.4.